The Labute approximate surface area is 106 Å². The van der Waals surface area contributed by atoms with E-state index in [-0.39, 0.29) is 0 Å². The summed E-state index contributed by atoms with van der Waals surface area (Å²) >= 11 is 0. The molecule has 0 aliphatic carbocycles. The molecule has 2 atom stereocenters. The van der Waals surface area contributed by atoms with Crippen LogP contribution >= 0.6 is 0 Å². The lowest BCUT2D eigenvalue weighted by molar-refractivity contribution is 0.576. The van der Waals surface area contributed by atoms with Gasteiger partial charge in [-0.15, -0.1) is 0 Å². The van der Waals surface area contributed by atoms with Crippen LogP contribution in [0.2, 0.25) is 0 Å². The maximum atomic E-state index is 4.47. The van der Waals surface area contributed by atoms with E-state index in [9.17, 15) is 0 Å². The molecule has 2 saturated heterocycles. The van der Waals surface area contributed by atoms with Crippen molar-refractivity contribution in [2.75, 3.05) is 18.0 Å². The third-order valence-electron chi connectivity index (χ3n) is 4.00. The molecule has 2 fully saturated rings. The summed E-state index contributed by atoms with van der Waals surface area (Å²) in [7, 11) is 0. The molecule has 1 aromatic carbocycles. The molecule has 4 nitrogen and oxygen atoms in total. The highest BCUT2D eigenvalue weighted by molar-refractivity contribution is 5.63. The zero-order valence-corrected chi connectivity index (χ0v) is 10.1. The number of fused-ring (bicyclic) bond motifs is 2. The van der Waals surface area contributed by atoms with Crippen LogP contribution in [0.25, 0.3) is 11.3 Å². The highest BCUT2D eigenvalue weighted by atomic mass is 15.3. The first kappa shape index (κ1) is 10.1. The van der Waals surface area contributed by atoms with E-state index in [2.05, 4.69) is 50.7 Å². The smallest absolute Gasteiger partial charge is 0.151 e. The topological polar surface area (TPSA) is 44.0 Å². The van der Waals surface area contributed by atoms with E-state index < -0.39 is 0 Å². The highest BCUT2D eigenvalue weighted by Gasteiger charge is 2.38. The predicted octanol–water partition coefficient (Wildman–Crippen LogP) is 1.63. The minimum absolute atomic E-state index is 0.627. The van der Waals surface area contributed by atoms with Crippen molar-refractivity contribution in [2.24, 2.45) is 0 Å². The van der Waals surface area contributed by atoms with E-state index >= 15 is 0 Å². The monoisotopic (exact) mass is 240 g/mol. The molecule has 3 heterocycles. The fourth-order valence-corrected chi connectivity index (χ4v) is 3.07. The van der Waals surface area contributed by atoms with Crippen molar-refractivity contribution < 1.29 is 0 Å². The average molecular weight is 240 g/mol. The summed E-state index contributed by atoms with van der Waals surface area (Å²) in [5.41, 5.74) is 2.29. The molecule has 0 amide bonds. The van der Waals surface area contributed by atoms with Gasteiger partial charge in [0.2, 0.25) is 0 Å². The first-order valence-corrected chi connectivity index (χ1v) is 6.51. The van der Waals surface area contributed by atoms with Gasteiger partial charge in [-0.3, -0.25) is 5.10 Å². The minimum Gasteiger partial charge on any atom is -0.349 e. The van der Waals surface area contributed by atoms with Gasteiger partial charge in [-0.05, 0) is 12.0 Å². The molecule has 0 radical (unpaired) electrons. The maximum absolute atomic E-state index is 4.47. The second-order valence-corrected chi connectivity index (χ2v) is 5.15. The Hall–Kier alpha value is -1.81. The summed E-state index contributed by atoms with van der Waals surface area (Å²) < 4.78 is 0. The van der Waals surface area contributed by atoms with Gasteiger partial charge < -0.3 is 10.2 Å². The third kappa shape index (κ3) is 1.53. The van der Waals surface area contributed by atoms with Crippen LogP contribution in [0.15, 0.2) is 36.4 Å². The Morgan fingerprint density at radius 2 is 2.11 bits per heavy atom. The van der Waals surface area contributed by atoms with Crippen molar-refractivity contribution in [2.45, 2.75) is 18.5 Å². The van der Waals surface area contributed by atoms with Crippen LogP contribution in [0, 0.1) is 0 Å². The van der Waals surface area contributed by atoms with Gasteiger partial charge in [0.05, 0.1) is 5.69 Å². The number of nitrogens with zero attached hydrogens (tertiary/aromatic N) is 2. The van der Waals surface area contributed by atoms with Crippen LogP contribution in [-0.2, 0) is 0 Å². The van der Waals surface area contributed by atoms with E-state index in [1.807, 2.05) is 6.07 Å². The molecule has 2 N–H and O–H groups in total. The number of hydrogen-bond acceptors (Lipinski definition) is 3. The zero-order chi connectivity index (χ0) is 11.9. The maximum Gasteiger partial charge on any atom is 0.151 e. The Morgan fingerprint density at radius 3 is 2.83 bits per heavy atom. The van der Waals surface area contributed by atoms with Crippen LogP contribution in [0.1, 0.15) is 6.42 Å². The average Bonchev–Trinajstić information content (AvgIpc) is 3.15. The van der Waals surface area contributed by atoms with Crippen LogP contribution in [0.4, 0.5) is 5.82 Å². The van der Waals surface area contributed by atoms with Crippen molar-refractivity contribution in [1.82, 2.24) is 15.5 Å². The van der Waals surface area contributed by atoms with Gasteiger partial charge in [-0.25, -0.2) is 0 Å². The summed E-state index contributed by atoms with van der Waals surface area (Å²) in [6.07, 6.45) is 1.26. The Bertz CT molecular complexity index is 548. The van der Waals surface area contributed by atoms with Crippen molar-refractivity contribution in [1.29, 1.82) is 0 Å². The molecule has 0 saturated carbocycles. The quantitative estimate of drug-likeness (QED) is 0.838. The van der Waals surface area contributed by atoms with Gasteiger partial charge in [0.1, 0.15) is 0 Å². The third-order valence-corrected chi connectivity index (χ3v) is 4.00. The zero-order valence-electron chi connectivity index (χ0n) is 10.1. The number of rotatable bonds is 2. The first-order valence-electron chi connectivity index (χ1n) is 6.51. The predicted molar refractivity (Wildman–Crippen MR) is 71.6 cm³/mol. The van der Waals surface area contributed by atoms with Gasteiger partial charge in [0.25, 0.3) is 0 Å². The van der Waals surface area contributed by atoms with Crippen LogP contribution in [-0.4, -0.2) is 35.4 Å². The number of hydrogen-bond donors (Lipinski definition) is 2. The molecular formula is C14H16N4. The van der Waals surface area contributed by atoms with Crippen molar-refractivity contribution in [3.63, 3.8) is 0 Å². The SMILES string of the molecule is c1ccc(-c2cc(N3CC4CC3CN4)n[nH]2)cc1. The van der Waals surface area contributed by atoms with Gasteiger partial charge in [-0.2, -0.15) is 5.10 Å². The molecule has 1 aromatic heterocycles. The summed E-state index contributed by atoms with van der Waals surface area (Å²) in [5.74, 6) is 1.09. The van der Waals surface area contributed by atoms with Gasteiger partial charge in [0, 0.05) is 31.2 Å². The van der Waals surface area contributed by atoms with Gasteiger partial charge in [0.15, 0.2) is 5.82 Å². The van der Waals surface area contributed by atoms with Gasteiger partial charge in [-0.1, -0.05) is 30.3 Å². The van der Waals surface area contributed by atoms with Crippen LogP contribution in [0.5, 0.6) is 0 Å². The van der Waals surface area contributed by atoms with E-state index in [1.54, 1.807) is 0 Å². The summed E-state index contributed by atoms with van der Waals surface area (Å²) in [4.78, 5) is 2.42. The molecule has 2 aliphatic rings. The van der Waals surface area contributed by atoms with Gasteiger partial charge >= 0.3 is 0 Å². The molecule has 2 aliphatic heterocycles. The largest absolute Gasteiger partial charge is 0.349 e. The Morgan fingerprint density at radius 1 is 1.22 bits per heavy atom. The highest BCUT2D eigenvalue weighted by Crippen LogP contribution is 2.30. The number of benzene rings is 1. The van der Waals surface area contributed by atoms with Crippen molar-refractivity contribution in [3.8, 4) is 11.3 Å². The number of piperazine rings is 1. The van der Waals surface area contributed by atoms with Crippen LogP contribution < -0.4 is 10.2 Å². The molecule has 4 rings (SSSR count). The number of nitrogens with one attached hydrogen (secondary N) is 2. The minimum atomic E-state index is 0.627. The normalized spacial score (nSPS) is 25.9. The van der Waals surface area contributed by atoms with E-state index in [0.717, 1.165) is 24.6 Å². The lowest BCUT2D eigenvalue weighted by atomic mass is 10.1. The Kier molecular flexibility index (Phi) is 2.17. The van der Waals surface area contributed by atoms with E-state index in [0.29, 0.717) is 12.1 Å². The second-order valence-electron chi connectivity index (χ2n) is 5.15. The molecule has 18 heavy (non-hydrogen) atoms. The second kappa shape index (κ2) is 3.85. The van der Waals surface area contributed by atoms with Crippen molar-refractivity contribution in [3.05, 3.63) is 36.4 Å². The molecular weight excluding hydrogens is 224 g/mol. The Balaban J connectivity index is 1.63. The van der Waals surface area contributed by atoms with E-state index in [4.69, 9.17) is 0 Å². The number of aromatic amines is 1. The standard InChI is InChI=1S/C14H16N4/c1-2-4-10(5-3-1)13-7-14(17-16-13)18-9-11-6-12(18)8-15-11/h1-5,7,11-12,15H,6,8-9H2,(H,16,17). The fraction of sp³-hybridized carbons (Fsp3) is 0.357. The van der Waals surface area contributed by atoms with Crippen molar-refractivity contribution >= 4 is 5.82 Å². The molecule has 92 valence electrons. The molecule has 4 heteroatoms. The fourth-order valence-electron chi connectivity index (χ4n) is 3.07. The summed E-state index contributed by atoms with van der Waals surface area (Å²) in [6.45, 7) is 2.18. The lowest BCUT2D eigenvalue weighted by Crippen LogP contribution is -2.43. The molecule has 2 unspecified atom stereocenters. The number of aromatic nitrogens is 2. The first-order chi connectivity index (χ1) is 8.90. The van der Waals surface area contributed by atoms with E-state index in [1.165, 1.54) is 12.0 Å². The summed E-state index contributed by atoms with van der Waals surface area (Å²) in [5, 5.41) is 11.1. The molecule has 2 aromatic rings. The molecule has 0 spiro atoms. The summed E-state index contributed by atoms with van der Waals surface area (Å²) in [6, 6.07) is 13.8. The number of H-pyrrole nitrogens is 1. The lowest BCUT2D eigenvalue weighted by Gasteiger charge is -2.26. The molecule has 2 bridgehead atoms. The van der Waals surface area contributed by atoms with Crippen LogP contribution in [0.3, 0.4) is 0 Å². The number of anilines is 1.